The number of amides is 3. The average Bonchev–Trinajstić information content (AvgIpc) is 2.64. The van der Waals surface area contributed by atoms with Gasteiger partial charge in [-0.3, -0.25) is 14.4 Å². The molecule has 0 aliphatic heterocycles. The first kappa shape index (κ1) is 25.7. The number of carbonyl (C=O) groups excluding carboxylic acids is 3. The van der Waals surface area contributed by atoms with Gasteiger partial charge in [0, 0.05) is 10.1 Å². The van der Waals surface area contributed by atoms with Crippen LogP contribution in [0.3, 0.4) is 0 Å². The standard InChI is InChI=1S/C15H18I3N3O7/c16-10-8(14(19)27)11(17)13(12(18)9(10)15(28)20-1-2-22)21(7(26)5-24)3-6(25)4-23/h6,22-25H,1-5H2,(H2,19,27)(H,20,28). The second kappa shape index (κ2) is 11.7. The van der Waals surface area contributed by atoms with Gasteiger partial charge in [-0.15, -0.1) is 0 Å². The zero-order chi connectivity index (χ0) is 21.6. The number of primary amides is 1. The van der Waals surface area contributed by atoms with Crippen LogP contribution in [0.25, 0.3) is 0 Å². The molecule has 0 aliphatic rings. The van der Waals surface area contributed by atoms with E-state index in [-0.39, 0.29) is 47.2 Å². The molecule has 1 atom stereocenters. The van der Waals surface area contributed by atoms with E-state index in [1.165, 1.54) is 0 Å². The summed E-state index contributed by atoms with van der Waals surface area (Å²) in [6, 6.07) is 0. The fourth-order valence-corrected chi connectivity index (χ4v) is 7.00. The maximum atomic E-state index is 12.6. The third kappa shape index (κ3) is 5.85. The molecule has 3 amide bonds. The van der Waals surface area contributed by atoms with Crippen molar-refractivity contribution in [2.75, 3.05) is 37.8 Å². The van der Waals surface area contributed by atoms with E-state index < -0.39 is 37.0 Å². The Labute approximate surface area is 201 Å². The van der Waals surface area contributed by atoms with Crippen molar-refractivity contribution < 1.29 is 34.8 Å². The van der Waals surface area contributed by atoms with Gasteiger partial charge in [-0.2, -0.15) is 0 Å². The topological polar surface area (TPSA) is 173 Å². The van der Waals surface area contributed by atoms with E-state index in [1.807, 2.05) is 22.6 Å². The fraction of sp³-hybridized carbons (Fsp3) is 0.400. The Bertz CT molecular complexity index is 776. The first-order valence-electron chi connectivity index (χ1n) is 7.71. The summed E-state index contributed by atoms with van der Waals surface area (Å²) in [7, 11) is 0. The Balaban J connectivity index is 3.80. The number of nitrogens with two attached hydrogens (primary N) is 1. The zero-order valence-corrected chi connectivity index (χ0v) is 20.8. The number of nitrogens with zero attached hydrogens (tertiary/aromatic N) is 1. The van der Waals surface area contributed by atoms with Gasteiger partial charge in [-0.05, 0) is 67.8 Å². The van der Waals surface area contributed by atoms with Crippen molar-refractivity contribution in [2.24, 2.45) is 5.73 Å². The highest BCUT2D eigenvalue weighted by atomic mass is 127. The number of aliphatic hydroxyl groups excluding tert-OH is 4. The van der Waals surface area contributed by atoms with Crippen LogP contribution in [0.1, 0.15) is 20.7 Å². The molecule has 0 saturated carbocycles. The van der Waals surface area contributed by atoms with Crippen molar-refractivity contribution in [3.05, 3.63) is 21.8 Å². The smallest absolute Gasteiger partial charge is 0.253 e. The van der Waals surface area contributed by atoms with Crippen LogP contribution in [0.2, 0.25) is 0 Å². The number of hydrogen-bond acceptors (Lipinski definition) is 7. The number of hydrogen-bond donors (Lipinski definition) is 6. The molecule has 0 saturated heterocycles. The predicted octanol–water partition coefficient (Wildman–Crippen LogP) is -1.00. The minimum atomic E-state index is -1.31. The fourth-order valence-electron chi connectivity index (χ4n) is 2.23. The van der Waals surface area contributed by atoms with Crippen molar-refractivity contribution in [3.63, 3.8) is 0 Å². The molecule has 28 heavy (non-hydrogen) atoms. The van der Waals surface area contributed by atoms with Crippen LogP contribution >= 0.6 is 67.8 Å². The number of anilines is 1. The molecule has 0 spiro atoms. The minimum absolute atomic E-state index is 0.00000692. The van der Waals surface area contributed by atoms with Crippen LogP contribution in [0, 0.1) is 10.7 Å². The first-order chi connectivity index (χ1) is 13.1. The van der Waals surface area contributed by atoms with Gasteiger partial charge in [-0.25, -0.2) is 0 Å². The number of rotatable bonds is 9. The van der Waals surface area contributed by atoms with E-state index >= 15 is 0 Å². The van der Waals surface area contributed by atoms with E-state index in [2.05, 4.69) is 5.32 Å². The van der Waals surface area contributed by atoms with Gasteiger partial charge in [0.2, 0.25) is 0 Å². The van der Waals surface area contributed by atoms with Crippen LogP contribution in [0.15, 0.2) is 0 Å². The van der Waals surface area contributed by atoms with Gasteiger partial charge < -0.3 is 36.4 Å². The summed E-state index contributed by atoms with van der Waals surface area (Å²) in [5.74, 6) is -2.23. The lowest BCUT2D eigenvalue weighted by Crippen LogP contribution is -2.42. The highest BCUT2D eigenvalue weighted by molar-refractivity contribution is 14.1. The number of halogens is 3. The van der Waals surface area contributed by atoms with Gasteiger partial charge in [0.05, 0.1) is 49.8 Å². The molecule has 13 heteroatoms. The molecule has 0 heterocycles. The highest BCUT2D eigenvalue weighted by Crippen LogP contribution is 2.38. The SMILES string of the molecule is NC(=O)c1c(I)c(C(=O)NCCO)c(I)c(N(CC(O)CO)C(=O)CO)c1I. The van der Waals surface area contributed by atoms with Crippen molar-refractivity contribution >= 4 is 91.2 Å². The Morgan fingerprint density at radius 3 is 2.07 bits per heavy atom. The number of carbonyl (C=O) groups is 3. The maximum absolute atomic E-state index is 12.6. The van der Waals surface area contributed by atoms with Gasteiger partial charge >= 0.3 is 0 Å². The largest absolute Gasteiger partial charge is 0.395 e. The van der Waals surface area contributed by atoms with Crippen molar-refractivity contribution in [2.45, 2.75) is 6.10 Å². The average molecular weight is 733 g/mol. The molecule has 1 unspecified atom stereocenters. The second-order valence-electron chi connectivity index (χ2n) is 5.38. The molecule has 1 rings (SSSR count). The quantitative estimate of drug-likeness (QED) is 0.177. The van der Waals surface area contributed by atoms with Gasteiger partial charge in [0.25, 0.3) is 17.7 Å². The van der Waals surface area contributed by atoms with Gasteiger partial charge in [-0.1, -0.05) is 0 Å². The molecule has 0 aromatic heterocycles. The van der Waals surface area contributed by atoms with Crippen LogP contribution in [-0.2, 0) is 4.79 Å². The maximum Gasteiger partial charge on any atom is 0.253 e. The molecule has 7 N–H and O–H groups in total. The van der Waals surface area contributed by atoms with E-state index in [0.29, 0.717) is 0 Å². The molecule has 0 radical (unpaired) electrons. The molecule has 0 bridgehead atoms. The van der Waals surface area contributed by atoms with Crippen LogP contribution in [0.4, 0.5) is 5.69 Å². The van der Waals surface area contributed by atoms with E-state index in [4.69, 9.17) is 15.9 Å². The molecular weight excluding hydrogens is 715 g/mol. The number of benzene rings is 1. The summed E-state index contributed by atoms with van der Waals surface area (Å²) >= 11 is 5.41. The second-order valence-corrected chi connectivity index (χ2v) is 8.62. The van der Waals surface area contributed by atoms with E-state index in [0.717, 1.165) is 4.90 Å². The summed E-state index contributed by atoms with van der Waals surface area (Å²) in [6.07, 6.45) is -1.31. The lowest BCUT2D eigenvalue weighted by atomic mass is 10.1. The molecular formula is C15H18I3N3O7. The molecule has 10 nitrogen and oxygen atoms in total. The monoisotopic (exact) mass is 733 g/mol. The van der Waals surface area contributed by atoms with Crippen LogP contribution in [-0.4, -0.2) is 77.2 Å². The molecule has 156 valence electrons. The van der Waals surface area contributed by atoms with Crippen molar-refractivity contribution in [1.82, 2.24) is 5.32 Å². The summed E-state index contributed by atoms with van der Waals surface area (Å²) < 4.78 is 0.792. The molecule has 1 aromatic carbocycles. The summed E-state index contributed by atoms with van der Waals surface area (Å²) in [5, 5.41) is 39.7. The van der Waals surface area contributed by atoms with Crippen LogP contribution in [0.5, 0.6) is 0 Å². The molecule has 1 aromatic rings. The Kier molecular flexibility index (Phi) is 10.8. The number of aliphatic hydroxyl groups is 4. The van der Waals surface area contributed by atoms with E-state index in [1.54, 1.807) is 45.2 Å². The molecule has 0 aliphatic carbocycles. The van der Waals surface area contributed by atoms with Gasteiger partial charge in [0.15, 0.2) is 0 Å². The number of nitrogens with one attached hydrogen (secondary N) is 1. The summed E-state index contributed by atoms with van der Waals surface area (Å²) in [5.41, 5.74) is 5.65. The zero-order valence-electron chi connectivity index (χ0n) is 14.3. The van der Waals surface area contributed by atoms with Crippen molar-refractivity contribution in [1.29, 1.82) is 0 Å². The summed E-state index contributed by atoms with van der Waals surface area (Å²) in [4.78, 5) is 37.9. The van der Waals surface area contributed by atoms with E-state index in [9.17, 15) is 24.6 Å². The Morgan fingerprint density at radius 2 is 1.61 bits per heavy atom. The lowest BCUT2D eigenvalue weighted by Gasteiger charge is -2.28. The Hall–Kier alpha value is -0.340. The normalized spacial score (nSPS) is 11.8. The minimum Gasteiger partial charge on any atom is -0.395 e. The third-order valence-electron chi connectivity index (χ3n) is 3.47. The molecule has 0 fully saturated rings. The lowest BCUT2D eigenvalue weighted by molar-refractivity contribution is -0.121. The van der Waals surface area contributed by atoms with Crippen LogP contribution < -0.4 is 16.0 Å². The Morgan fingerprint density at radius 1 is 1.04 bits per heavy atom. The first-order valence-corrected chi connectivity index (χ1v) is 10.9. The highest BCUT2D eigenvalue weighted by Gasteiger charge is 2.31. The van der Waals surface area contributed by atoms with Gasteiger partial charge in [0.1, 0.15) is 6.61 Å². The summed E-state index contributed by atoms with van der Waals surface area (Å²) in [6.45, 7) is -2.23. The predicted molar refractivity (Wildman–Crippen MR) is 125 cm³/mol. The third-order valence-corrected chi connectivity index (χ3v) is 6.65. The van der Waals surface area contributed by atoms with Crippen molar-refractivity contribution in [3.8, 4) is 0 Å².